The molecule has 1 heterocycles. The molecule has 0 unspecified atom stereocenters. The number of nitrogens with one attached hydrogen (secondary N) is 3. The highest BCUT2D eigenvalue weighted by Crippen LogP contribution is 2.21. The number of carboxylic acid groups (broad SMARTS) is 2. The first kappa shape index (κ1) is 24.2. The van der Waals surface area contributed by atoms with Gasteiger partial charge in [-0.1, -0.05) is 0 Å². The number of aromatic carboxylic acids is 1. The van der Waals surface area contributed by atoms with Gasteiger partial charge in [0, 0.05) is 12.1 Å². The monoisotopic (exact) mass is 467 g/mol. The Balaban J connectivity index is 2.14. The third kappa shape index (κ3) is 5.99. The van der Waals surface area contributed by atoms with Crippen LogP contribution in [-0.4, -0.2) is 58.9 Å². The molecule has 0 aliphatic heterocycles. The zero-order chi connectivity index (χ0) is 24.1. The van der Waals surface area contributed by atoms with Crippen molar-refractivity contribution in [2.45, 2.75) is 23.9 Å². The van der Waals surface area contributed by atoms with Crippen LogP contribution in [0.3, 0.4) is 0 Å². The topological polar surface area (TPSA) is 220 Å². The number of aromatic amines is 1. The number of hydrogen-bond donors (Lipinski definition) is 6. The van der Waals surface area contributed by atoms with E-state index in [0.29, 0.717) is 0 Å². The lowest BCUT2D eigenvalue weighted by Crippen LogP contribution is -2.38. The van der Waals surface area contributed by atoms with E-state index in [0.717, 1.165) is 30.3 Å². The number of amides is 1. The van der Waals surface area contributed by atoms with E-state index in [2.05, 4.69) is 15.0 Å². The normalized spacial score (nSPS) is 12.0. The minimum Gasteiger partial charge on any atom is -0.507 e. The van der Waals surface area contributed by atoms with Gasteiger partial charge < -0.3 is 30.4 Å². The SMILES string of the molecule is O=C[C@H](CC(=O)O)NC(=O)c1ccc(CNS(=O)(=O)c2ccc(O)c(C(=O)O)c2)c(=O)[nH]1. The molecule has 0 aliphatic carbocycles. The molecule has 0 saturated heterocycles. The summed E-state index contributed by atoms with van der Waals surface area (Å²) in [6, 6.07) is 3.58. The number of carboxylic acids is 2. The van der Waals surface area contributed by atoms with Crippen LogP contribution in [0.5, 0.6) is 5.75 Å². The Bertz CT molecular complexity index is 1240. The van der Waals surface area contributed by atoms with Crippen LogP contribution in [0.15, 0.2) is 40.0 Å². The van der Waals surface area contributed by atoms with Gasteiger partial charge in [0.05, 0.1) is 17.4 Å². The molecule has 0 radical (unpaired) electrons. The van der Waals surface area contributed by atoms with Crippen LogP contribution in [0.1, 0.15) is 32.8 Å². The lowest BCUT2D eigenvalue weighted by atomic mass is 10.2. The summed E-state index contributed by atoms with van der Waals surface area (Å²) >= 11 is 0. The summed E-state index contributed by atoms with van der Waals surface area (Å²) in [5.41, 5.74) is -1.85. The molecule has 14 heteroatoms. The van der Waals surface area contributed by atoms with Crippen molar-refractivity contribution in [3.05, 3.63) is 57.5 Å². The van der Waals surface area contributed by atoms with Crippen molar-refractivity contribution in [1.82, 2.24) is 15.0 Å². The smallest absolute Gasteiger partial charge is 0.339 e. The van der Waals surface area contributed by atoms with Crippen molar-refractivity contribution in [2.24, 2.45) is 0 Å². The lowest BCUT2D eigenvalue weighted by molar-refractivity contribution is -0.138. The second kappa shape index (κ2) is 9.84. The van der Waals surface area contributed by atoms with Crippen LogP contribution in [-0.2, 0) is 26.2 Å². The molecule has 6 N–H and O–H groups in total. The van der Waals surface area contributed by atoms with Crippen LogP contribution in [0.25, 0.3) is 0 Å². The Labute approximate surface area is 179 Å². The lowest BCUT2D eigenvalue weighted by Gasteiger charge is -2.11. The van der Waals surface area contributed by atoms with E-state index in [4.69, 9.17) is 10.2 Å². The Hall–Kier alpha value is -4.04. The second-order valence-corrected chi connectivity index (χ2v) is 8.12. The molecule has 1 aromatic carbocycles. The minimum atomic E-state index is -4.26. The molecule has 1 amide bonds. The van der Waals surface area contributed by atoms with Crippen LogP contribution in [0.2, 0.25) is 0 Å². The Morgan fingerprint density at radius 1 is 1.12 bits per heavy atom. The molecule has 0 spiro atoms. The van der Waals surface area contributed by atoms with Crippen molar-refractivity contribution >= 4 is 34.2 Å². The number of aliphatic carboxylic acids is 1. The third-order valence-electron chi connectivity index (χ3n) is 4.07. The van der Waals surface area contributed by atoms with Crippen molar-refractivity contribution in [3.63, 3.8) is 0 Å². The van der Waals surface area contributed by atoms with Crippen molar-refractivity contribution in [2.75, 3.05) is 0 Å². The summed E-state index contributed by atoms with van der Waals surface area (Å²) < 4.78 is 26.9. The number of aromatic nitrogens is 1. The molecule has 32 heavy (non-hydrogen) atoms. The maximum Gasteiger partial charge on any atom is 0.339 e. The standard InChI is InChI=1S/C18H17N3O10S/c22-8-10(5-15(24)25)20-17(27)13-3-1-9(16(26)21-13)7-19-32(30,31)11-2-4-14(23)12(6-11)18(28)29/h1-4,6,8,10,19,23H,5,7H2,(H,20,27)(H,21,26)(H,24,25)(H,28,29)/t10-/m0/s1. The molecule has 0 bridgehead atoms. The fraction of sp³-hybridized carbons (Fsp3) is 0.167. The minimum absolute atomic E-state index is 0.0974. The third-order valence-corrected chi connectivity index (χ3v) is 5.47. The van der Waals surface area contributed by atoms with E-state index in [-0.39, 0.29) is 17.5 Å². The maximum absolute atomic E-state index is 12.4. The number of hydrogen-bond acceptors (Lipinski definition) is 8. The Morgan fingerprint density at radius 3 is 2.38 bits per heavy atom. The predicted octanol–water partition coefficient (Wildman–Crippen LogP) is -0.971. The van der Waals surface area contributed by atoms with E-state index in [9.17, 15) is 37.5 Å². The summed E-state index contributed by atoms with van der Waals surface area (Å²) in [7, 11) is -4.26. The fourth-order valence-electron chi connectivity index (χ4n) is 2.45. The number of pyridine rings is 1. The van der Waals surface area contributed by atoms with Gasteiger partial charge in [-0.05, 0) is 30.3 Å². The highest BCUT2D eigenvalue weighted by molar-refractivity contribution is 7.89. The van der Waals surface area contributed by atoms with Gasteiger partial charge in [-0.25, -0.2) is 17.9 Å². The molecule has 170 valence electrons. The first-order valence-corrected chi connectivity index (χ1v) is 10.2. The van der Waals surface area contributed by atoms with E-state index in [1.807, 2.05) is 0 Å². The average molecular weight is 467 g/mol. The number of H-pyrrole nitrogens is 1. The summed E-state index contributed by atoms with van der Waals surface area (Å²) in [5, 5.41) is 29.3. The fourth-order valence-corrected chi connectivity index (χ4v) is 3.49. The van der Waals surface area contributed by atoms with Crippen LogP contribution >= 0.6 is 0 Å². The van der Waals surface area contributed by atoms with Crippen molar-refractivity contribution < 1.29 is 42.9 Å². The van der Waals surface area contributed by atoms with Crippen LogP contribution in [0.4, 0.5) is 0 Å². The number of phenols is 1. The number of aromatic hydroxyl groups is 1. The number of aldehydes is 1. The predicted molar refractivity (Wildman–Crippen MR) is 106 cm³/mol. The van der Waals surface area contributed by atoms with E-state index in [1.54, 1.807) is 0 Å². The molecule has 13 nitrogen and oxygen atoms in total. The van der Waals surface area contributed by atoms with E-state index >= 15 is 0 Å². The van der Waals surface area contributed by atoms with Gasteiger partial charge >= 0.3 is 11.9 Å². The quantitative estimate of drug-likeness (QED) is 0.235. The molecular formula is C18H17N3O10S. The molecule has 2 aromatic rings. The van der Waals surface area contributed by atoms with Gasteiger partial charge in [-0.3, -0.25) is 14.4 Å². The van der Waals surface area contributed by atoms with Crippen LogP contribution < -0.4 is 15.6 Å². The van der Waals surface area contributed by atoms with E-state index in [1.165, 1.54) is 0 Å². The van der Waals surface area contributed by atoms with Gasteiger partial charge in [-0.2, -0.15) is 0 Å². The molecule has 0 aliphatic rings. The van der Waals surface area contributed by atoms with Gasteiger partial charge in [0.25, 0.3) is 11.5 Å². The maximum atomic E-state index is 12.4. The summed E-state index contributed by atoms with van der Waals surface area (Å²) in [6.45, 7) is -0.515. The van der Waals surface area contributed by atoms with Gasteiger partial charge in [0.1, 0.15) is 23.3 Å². The Morgan fingerprint density at radius 2 is 1.81 bits per heavy atom. The summed E-state index contributed by atoms with van der Waals surface area (Å²) in [6.07, 6.45) is -0.424. The molecule has 0 fully saturated rings. The summed E-state index contributed by atoms with van der Waals surface area (Å²) in [5.74, 6) is -4.40. The first-order chi connectivity index (χ1) is 14.9. The molecule has 0 saturated carbocycles. The number of carbonyl (C=O) groups excluding carboxylic acids is 2. The summed E-state index contributed by atoms with van der Waals surface area (Å²) in [4.78, 5) is 58.5. The molecular weight excluding hydrogens is 450 g/mol. The van der Waals surface area contributed by atoms with Gasteiger partial charge in [0.2, 0.25) is 10.0 Å². The van der Waals surface area contributed by atoms with E-state index < -0.39 is 68.6 Å². The number of rotatable bonds is 10. The number of benzene rings is 1. The van der Waals surface area contributed by atoms with Crippen LogP contribution in [0, 0.1) is 0 Å². The number of carbonyl (C=O) groups is 4. The molecule has 1 aromatic heterocycles. The second-order valence-electron chi connectivity index (χ2n) is 6.35. The molecule has 1 atom stereocenters. The highest BCUT2D eigenvalue weighted by Gasteiger charge is 2.20. The highest BCUT2D eigenvalue weighted by atomic mass is 32.2. The van der Waals surface area contributed by atoms with Crippen molar-refractivity contribution in [3.8, 4) is 5.75 Å². The first-order valence-electron chi connectivity index (χ1n) is 8.70. The zero-order valence-electron chi connectivity index (χ0n) is 16.1. The van der Waals surface area contributed by atoms with Gasteiger partial charge in [-0.15, -0.1) is 0 Å². The van der Waals surface area contributed by atoms with Crippen molar-refractivity contribution in [1.29, 1.82) is 0 Å². The van der Waals surface area contributed by atoms with Gasteiger partial charge in [0.15, 0.2) is 0 Å². The molecule has 2 rings (SSSR count). The average Bonchev–Trinajstić information content (AvgIpc) is 2.71. The Kier molecular flexibility index (Phi) is 7.45. The zero-order valence-corrected chi connectivity index (χ0v) is 16.9. The number of sulfonamides is 1. The largest absolute Gasteiger partial charge is 0.507 e.